The molecule has 0 rings (SSSR count). The smallest absolute Gasteiger partial charge is 0.00989 e. The third kappa shape index (κ3) is 50.9. The maximum absolute atomic E-state index is 3.27. The van der Waals surface area contributed by atoms with E-state index < -0.39 is 0 Å². The fourth-order valence-electron chi connectivity index (χ4n) is 6.82. The van der Waals surface area contributed by atoms with E-state index in [4.69, 9.17) is 0 Å². The van der Waals surface area contributed by atoms with Gasteiger partial charge in [-0.05, 0) is 62.2 Å². The van der Waals surface area contributed by atoms with Gasteiger partial charge in [0.2, 0.25) is 0 Å². The predicted octanol–water partition coefficient (Wildman–Crippen LogP) is 18.0. The first-order chi connectivity index (χ1) is 26.9. The summed E-state index contributed by atoms with van der Waals surface area (Å²) >= 11 is 0. The molecule has 0 aliphatic heterocycles. The first-order valence-electron chi connectivity index (χ1n) is 24.1. The molecular weight excluding hydrogens is 689 g/mol. The minimum absolute atomic E-state index is 1.01. The Bertz CT molecular complexity index is 887. The molecule has 54 heavy (non-hydrogen) atoms. The quantitative estimate of drug-likeness (QED) is 0.0344. The number of hydrogen-bond donors (Lipinski definition) is 0. The molecule has 0 bridgehead atoms. The second-order valence-corrected chi connectivity index (χ2v) is 18.6. The van der Waals surface area contributed by atoms with Gasteiger partial charge in [0.05, 0.1) is 0 Å². The van der Waals surface area contributed by atoms with Crippen LogP contribution in [0.1, 0.15) is 271 Å². The van der Waals surface area contributed by atoms with Crippen LogP contribution in [0.25, 0.3) is 0 Å². The van der Waals surface area contributed by atoms with Gasteiger partial charge in [0, 0.05) is 37.2 Å². The van der Waals surface area contributed by atoms with Crippen molar-refractivity contribution in [2.75, 3.05) is 11.5 Å². The van der Waals surface area contributed by atoms with E-state index in [-0.39, 0.29) is 0 Å². The molecule has 0 nitrogen and oxygen atoms in total. The maximum atomic E-state index is 3.27. The lowest BCUT2D eigenvalue weighted by molar-refractivity contribution is 0.536. The lowest BCUT2D eigenvalue weighted by Gasteiger charge is -2.02. The molecule has 0 fully saturated rings. The van der Waals surface area contributed by atoms with Crippen molar-refractivity contribution in [3.63, 3.8) is 0 Å². The number of unbranched alkanes of at least 4 members (excludes halogenated alkanes) is 36. The van der Waals surface area contributed by atoms with Gasteiger partial charge in [-0.2, -0.15) is 0 Å². The molecule has 0 aromatic carbocycles. The molecule has 0 aromatic heterocycles. The van der Waals surface area contributed by atoms with E-state index in [2.05, 4.69) is 82.8 Å². The molecule has 0 amide bonds. The molecule has 310 valence electrons. The maximum Gasteiger partial charge on any atom is 0.00989 e. The fraction of sp³-hybridized carbons (Fsp3) is 0.846. The Morgan fingerprint density at radius 3 is 0.630 bits per heavy atom. The summed E-state index contributed by atoms with van der Waals surface area (Å²) < 4.78 is 0. The summed E-state index contributed by atoms with van der Waals surface area (Å²) in [5, 5.41) is 0. The van der Waals surface area contributed by atoms with Gasteiger partial charge in [-0.3, -0.25) is 0 Å². The number of rotatable bonds is 41. The summed E-state index contributed by atoms with van der Waals surface area (Å²) in [6.45, 7) is 4.59. The standard InChI is InChI=1S/C52H90S2/c1-3-5-7-9-11-13-15-17-19-21-23-25-27-29-31-33-35-37-39-41-43-45-47-49-51-53-54-52-50-48-46-44-42-40-38-36-34-32-30-28-26-24-22-20-18-16-14-12-10-8-6-4-2/h3-32,41-52H2,1-2H3. The Kier molecular flexibility index (Phi) is 50.9. The second-order valence-electron chi connectivity index (χ2n) is 15.9. The predicted molar refractivity (Wildman–Crippen MR) is 252 cm³/mol. The zero-order valence-electron chi connectivity index (χ0n) is 36.5. The molecule has 0 aromatic rings. The van der Waals surface area contributed by atoms with Crippen molar-refractivity contribution >= 4 is 21.6 Å². The van der Waals surface area contributed by atoms with Gasteiger partial charge >= 0.3 is 0 Å². The van der Waals surface area contributed by atoms with Gasteiger partial charge in [-0.15, -0.1) is 0 Å². The molecule has 0 aliphatic rings. The molecular formula is C52H90S2. The molecule has 0 N–H and O–H groups in total. The largest absolute Gasteiger partial charge is 0.0942 e. The van der Waals surface area contributed by atoms with Crippen LogP contribution >= 0.6 is 21.6 Å². The first kappa shape index (κ1) is 52.9. The van der Waals surface area contributed by atoms with Crippen LogP contribution in [0.15, 0.2) is 0 Å². The third-order valence-corrected chi connectivity index (χ3v) is 13.0. The highest BCUT2D eigenvalue weighted by atomic mass is 33.1. The van der Waals surface area contributed by atoms with Gasteiger partial charge in [0.1, 0.15) is 0 Å². The van der Waals surface area contributed by atoms with Crippen molar-refractivity contribution in [3.05, 3.63) is 0 Å². The lowest BCUT2D eigenvalue weighted by Crippen LogP contribution is -1.83. The van der Waals surface area contributed by atoms with Crippen LogP contribution in [-0.2, 0) is 0 Å². The zero-order valence-corrected chi connectivity index (χ0v) is 38.1. The number of hydrogen-bond acceptors (Lipinski definition) is 2. The molecule has 0 aliphatic carbocycles. The van der Waals surface area contributed by atoms with Gasteiger partial charge in [-0.25, -0.2) is 0 Å². The van der Waals surface area contributed by atoms with E-state index in [9.17, 15) is 0 Å². The van der Waals surface area contributed by atoms with E-state index >= 15 is 0 Å². The summed E-state index contributed by atoms with van der Waals surface area (Å²) in [4.78, 5) is 0. The highest BCUT2D eigenvalue weighted by molar-refractivity contribution is 8.76. The summed E-state index contributed by atoms with van der Waals surface area (Å²) in [5.41, 5.74) is 0. The average Bonchev–Trinajstić information content (AvgIpc) is 3.18. The molecule has 0 saturated heterocycles. The van der Waals surface area contributed by atoms with Gasteiger partial charge < -0.3 is 0 Å². The summed E-state index contributed by atoms with van der Waals surface area (Å²) in [7, 11) is 4.14. The Morgan fingerprint density at radius 1 is 0.222 bits per heavy atom. The SMILES string of the molecule is CCCCCCCCCCCCCCCCC#CC#CCCCCCCSSCCCCCCC#CC#CCCCCCCCCCCCCCCCC. The van der Waals surface area contributed by atoms with Crippen molar-refractivity contribution in [2.45, 2.75) is 271 Å². The van der Waals surface area contributed by atoms with Crippen LogP contribution in [0.4, 0.5) is 0 Å². The third-order valence-electron chi connectivity index (χ3n) is 10.4. The Balaban J connectivity index is 3.27. The van der Waals surface area contributed by atoms with Crippen LogP contribution in [0.5, 0.6) is 0 Å². The van der Waals surface area contributed by atoms with E-state index in [1.807, 2.05) is 0 Å². The monoisotopic (exact) mass is 779 g/mol. The average molecular weight is 779 g/mol. The summed E-state index contributed by atoms with van der Waals surface area (Å²) in [6, 6.07) is 0. The molecule has 0 unspecified atom stereocenters. The minimum atomic E-state index is 1.01. The molecule has 0 heterocycles. The first-order valence-corrected chi connectivity index (χ1v) is 26.6. The fourth-order valence-corrected chi connectivity index (χ4v) is 9.11. The van der Waals surface area contributed by atoms with Crippen LogP contribution in [0.2, 0.25) is 0 Å². The summed E-state index contributed by atoms with van der Waals surface area (Å²) in [6.07, 6.45) is 54.0. The minimum Gasteiger partial charge on any atom is -0.0942 e. The van der Waals surface area contributed by atoms with Crippen LogP contribution in [0, 0.1) is 47.4 Å². The normalized spacial score (nSPS) is 10.5. The van der Waals surface area contributed by atoms with E-state index in [1.165, 1.54) is 243 Å². The second kappa shape index (κ2) is 51.9. The summed E-state index contributed by atoms with van der Waals surface area (Å²) in [5.74, 6) is 28.0. The van der Waals surface area contributed by atoms with Crippen molar-refractivity contribution in [1.29, 1.82) is 0 Å². The van der Waals surface area contributed by atoms with Crippen molar-refractivity contribution < 1.29 is 0 Å². The molecule has 0 saturated carbocycles. The topological polar surface area (TPSA) is 0 Å². The van der Waals surface area contributed by atoms with Gasteiger partial charge in [-0.1, -0.05) is 252 Å². The van der Waals surface area contributed by atoms with E-state index in [0.717, 1.165) is 25.7 Å². The lowest BCUT2D eigenvalue weighted by atomic mass is 10.0. The molecule has 0 atom stereocenters. The van der Waals surface area contributed by atoms with Gasteiger partial charge in [0.25, 0.3) is 0 Å². The van der Waals surface area contributed by atoms with E-state index in [0.29, 0.717) is 0 Å². The Morgan fingerprint density at radius 2 is 0.407 bits per heavy atom. The molecule has 2 heteroatoms. The van der Waals surface area contributed by atoms with Crippen molar-refractivity contribution in [2.24, 2.45) is 0 Å². The highest BCUT2D eigenvalue weighted by Gasteiger charge is 1.97. The van der Waals surface area contributed by atoms with Crippen molar-refractivity contribution in [3.8, 4) is 47.4 Å². The van der Waals surface area contributed by atoms with Gasteiger partial charge in [0.15, 0.2) is 0 Å². The van der Waals surface area contributed by atoms with Crippen LogP contribution in [-0.4, -0.2) is 11.5 Å². The zero-order chi connectivity index (χ0) is 38.8. The Hall–Kier alpha value is -1.06. The Labute approximate surface area is 349 Å². The van der Waals surface area contributed by atoms with E-state index in [1.54, 1.807) is 0 Å². The molecule has 0 spiro atoms. The molecule has 0 radical (unpaired) electrons. The van der Waals surface area contributed by atoms with Crippen LogP contribution < -0.4 is 0 Å². The van der Waals surface area contributed by atoms with Crippen LogP contribution in [0.3, 0.4) is 0 Å². The highest BCUT2D eigenvalue weighted by Crippen LogP contribution is 2.24. The van der Waals surface area contributed by atoms with Crippen molar-refractivity contribution in [1.82, 2.24) is 0 Å².